The molecule has 0 radical (unpaired) electrons. The van der Waals surface area contributed by atoms with Crippen molar-refractivity contribution in [3.63, 3.8) is 0 Å². The van der Waals surface area contributed by atoms with Crippen molar-refractivity contribution in [2.45, 2.75) is 0 Å². The van der Waals surface area contributed by atoms with Gasteiger partial charge in [-0.1, -0.05) is 41.4 Å². The minimum absolute atomic E-state index is 0.142. The van der Waals surface area contributed by atoms with Crippen LogP contribution in [0.4, 0.5) is 0 Å². The van der Waals surface area contributed by atoms with E-state index in [-0.39, 0.29) is 23.9 Å². The van der Waals surface area contributed by atoms with Gasteiger partial charge in [-0.05, 0) is 54.1 Å². The lowest BCUT2D eigenvalue weighted by Gasteiger charge is -2.07. The number of hydrogen-bond acceptors (Lipinski definition) is 4. The molecule has 3 aromatic carbocycles. The van der Waals surface area contributed by atoms with Gasteiger partial charge < -0.3 is 9.47 Å². The third kappa shape index (κ3) is 4.19. The van der Waals surface area contributed by atoms with Gasteiger partial charge in [0.15, 0.2) is 18.1 Å². The Bertz CT molecular complexity index is 1130. The standard InChI is InChI=1S/C23H14Cl2O4/c24-16-7-5-14(6-8-16)20(26)13-28-17-9-10-18-21(12-17)29-22(23(18)27)11-15-3-1-2-4-19(15)25/h1-12H,13H2. The monoisotopic (exact) mass is 424 g/mol. The van der Waals surface area contributed by atoms with Crippen LogP contribution in [0.15, 0.2) is 72.5 Å². The second-order valence-corrected chi connectivity index (χ2v) is 7.18. The molecule has 0 fully saturated rings. The van der Waals surface area contributed by atoms with E-state index in [1.165, 1.54) is 0 Å². The highest BCUT2D eigenvalue weighted by Crippen LogP contribution is 2.35. The number of carbonyl (C=O) groups is 2. The molecule has 6 heteroatoms. The summed E-state index contributed by atoms with van der Waals surface area (Å²) in [4.78, 5) is 24.8. The molecule has 0 unspecified atom stereocenters. The van der Waals surface area contributed by atoms with Crippen molar-refractivity contribution in [2.75, 3.05) is 6.61 Å². The van der Waals surface area contributed by atoms with Crippen LogP contribution in [-0.2, 0) is 0 Å². The maximum absolute atomic E-state index is 12.6. The molecular formula is C23H14Cl2O4. The summed E-state index contributed by atoms with van der Waals surface area (Å²) in [6.07, 6.45) is 1.61. The smallest absolute Gasteiger partial charge is 0.231 e. The lowest BCUT2D eigenvalue weighted by atomic mass is 10.1. The number of carbonyl (C=O) groups excluding carboxylic acids is 2. The SMILES string of the molecule is O=C(COc1ccc2c(c1)OC(=Cc1ccccc1Cl)C2=O)c1ccc(Cl)cc1. The molecule has 144 valence electrons. The molecule has 29 heavy (non-hydrogen) atoms. The van der Waals surface area contributed by atoms with Crippen molar-refractivity contribution in [2.24, 2.45) is 0 Å². The van der Waals surface area contributed by atoms with Crippen LogP contribution in [0, 0.1) is 0 Å². The van der Waals surface area contributed by atoms with Gasteiger partial charge >= 0.3 is 0 Å². The van der Waals surface area contributed by atoms with Crippen LogP contribution in [-0.4, -0.2) is 18.2 Å². The Morgan fingerprint density at radius 3 is 2.52 bits per heavy atom. The summed E-state index contributed by atoms with van der Waals surface area (Å²) in [6, 6.07) is 18.6. The quantitative estimate of drug-likeness (QED) is 0.379. The number of benzene rings is 3. The van der Waals surface area contributed by atoms with E-state index in [0.717, 1.165) is 0 Å². The maximum atomic E-state index is 12.6. The molecular weight excluding hydrogens is 411 g/mol. The van der Waals surface area contributed by atoms with Gasteiger partial charge in [0.05, 0.1) is 5.56 Å². The fourth-order valence-corrected chi connectivity index (χ4v) is 3.17. The van der Waals surface area contributed by atoms with Crippen molar-refractivity contribution in [1.29, 1.82) is 0 Å². The Morgan fingerprint density at radius 2 is 1.76 bits per heavy atom. The summed E-state index contributed by atoms with van der Waals surface area (Å²) in [5, 5.41) is 1.08. The average Bonchev–Trinajstić information content (AvgIpc) is 3.03. The number of ether oxygens (including phenoxy) is 2. The van der Waals surface area contributed by atoms with Gasteiger partial charge in [0, 0.05) is 21.7 Å². The molecule has 0 saturated carbocycles. The summed E-state index contributed by atoms with van der Waals surface area (Å²) in [7, 11) is 0. The van der Waals surface area contributed by atoms with Crippen molar-refractivity contribution in [3.05, 3.63) is 99.2 Å². The number of hydrogen-bond donors (Lipinski definition) is 0. The highest BCUT2D eigenvalue weighted by Gasteiger charge is 2.28. The van der Waals surface area contributed by atoms with E-state index in [0.29, 0.717) is 38.2 Å². The first-order valence-electron chi connectivity index (χ1n) is 8.75. The summed E-state index contributed by atoms with van der Waals surface area (Å²) >= 11 is 12.0. The molecule has 4 rings (SSSR count). The fourth-order valence-electron chi connectivity index (χ4n) is 2.86. The summed E-state index contributed by atoms with van der Waals surface area (Å²) in [6.45, 7) is -0.142. The zero-order valence-corrected chi connectivity index (χ0v) is 16.5. The number of allylic oxidation sites excluding steroid dienone is 1. The van der Waals surface area contributed by atoms with Crippen molar-refractivity contribution in [3.8, 4) is 11.5 Å². The van der Waals surface area contributed by atoms with Crippen molar-refractivity contribution >= 4 is 40.8 Å². The van der Waals surface area contributed by atoms with Crippen LogP contribution in [0.5, 0.6) is 11.5 Å². The highest BCUT2D eigenvalue weighted by atomic mass is 35.5. The average molecular weight is 425 g/mol. The van der Waals surface area contributed by atoms with Crippen molar-refractivity contribution < 1.29 is 19.1 Å². The van der Waals surface area contributed by atoms with E-state index >= 15 is 0 Å². The molecule has 3 aromatic rings. The van der Waals surface area contributed by atoms with Gasteiger partial charge in [-0.15, -0.1) is 0 Å². The molecule has 1 aliphatic rings. The minimum Gasteiger partial charge on any atom is -0.485 e. The van der Waals surface area contributed by atoms with Crippen LogP contribution >= 0.6 is 23.2 Å². The minimum atomic E-state index is -0.233. The molecule has 0 aromatic heterocycles. The molecule has 0 aliphatic carbocycles. The molecule has 4 nitrogen and oxygen atoms in total. The van der Waals surface area contributed by atoms with Crippen LogP contribution in [0.25, 0.3) is 6.08 Å². The van der Waals surface area contributed by atoms with E-state index in [1.54, 1.807) is 60.7 Å². The Kier molecular flexibility index (Phi) is 5.38. The van der Waals surface area contributed by atoms with Gasteiger partial charge in [-0.25, -0.2) is 0 Å². The second kappa shape index (κ2) is 8.11. The molecule has 0 atom stereocenters. The number of rotatable bonds is 5. The van der Waals surface area contributed by atoms with Crippen LogP contribution in [0.1, 0.15) is 26.3 Å². The first-order valence-corrected chi connectivity index (χ1v) is 9.51. The molecule has 0 spiro atoms. The Hall–Kier alpha value is -3.08. The van der Waals surface area contributed by atoms with Gasteiger partial charge in [0.2, 0.25) is 5.78 Å². The molecule has 1 aliphatic heterocycles. The molecule has 0 N–H and O–H groups in total. The van der Waals surface area contributed by atoms with E-state index in [4.69, 9.17) is 32.7 Å². The largest absolute Gasteiger partial charge is 0.485 e. The lowest BCUT2D eigenvalue weighted by Crippen LogP contribution is -2.11. The Balaban J connectivity index is 1.48. The molecule has 0 bridgehead atoms. The van der Waals surface area contributed by atoms with Crippen LogP contribution in [0.2, 0.25) is 10.0 Å². The number of fused-ring (bicyclic) bond motifs is 1. The van der Waals surface area contributed by atoms with Gasteiger partial charge in [-0.2, -0.15) is 0 Å². The third-order valence-electron chi connectivity index (χ3n) is 4.37. The third-order valence-corrected chi connectivity index (χ3v) is 4.97. The zero-order chi connectivity index (χ0) is 20.4. The van der Waals surface area contributed by atoms with Gasteiger partial charge in [-0.3, -0.25) is 9.59 Å². The highest BCUT2D eigenvalue weighted by molar-refractivity contribution is 6.32. The van der Waals surface area contributed by atoms with Gasteiger partial charge in [0.25, 0.3) is 0 Å². The summed E-state index contributed by atoms with van der Waals surface area (Å²) < 4.78 is 11.3. The van der Waals surface area contributed by atoms with E-state index in [1.807, 2.05) is 12.1 Å². The van der Waals surface area contributed by atoms with Crippen LogP contribution < -0.4 is 9.47 Å². The molecule has 0 saturated heterocycles. The Labute approximate surface area is 177 Å². The fraction of sp³-hybridized carbons (Fsp3) is 0.0435. The zero-order valence-electron chi connectivity index (χ0n) is 15.0. The number of Topliss-reactive ketones (excluding diaryl/α,β-unsaturated/α-hetero) is 2. The normalized spacial score (nSPS) is 13.9. The maximum Gasteiger partial charge on any atom is 0.231 e. The van der Waals surface area contributed by atoms with E-state index < -0.39 is 0 Å². The second-order valence-electron chi connectivity index (χ2n) is 6.34. The van der Waals surface area contributed by atoms with E-state index in [9.17, 15) is 9.59 Å². The first-order chi connectivity index (χ1) is 14.0. The lowest BCUT2D eigenvalue weighted by molar-refractivity contribution is 0.0921. The summed E-state index contributed by atoms with van der Waals surface area (Å²) in [5.74, 6) is 0.576. The van der Waals surface area contributed by atoms with E-state index in [2.05, 4.69) is 0 Å². The summed E-state index contributed by atoms with van der Waals surface area (Å²) in [5.41, 5.74) is 1.63. The molecule has 1 heterocycles. The first kappa shape index (κ1) is 19.2. The number of halogens is 2. The van der Waals surface area contributed by atoms with Crippen LogP contribution in [0.3, 0.4) is 0 Å². The molecule has 0 amide bonds. The predicted molar refractivity (Wildman–Crippen MR) is 112 cm³/mol. The predicted octanol–water partition coefficient (Wildman–Crippen LogP) is 5.87. The topological polar surface area (TPSA) is 52.6 Å². The van der Waals surface area contributed by atoms with Crippen molar-refractivity contribution in [1.82, 2.24) is 0 Å². The number of ketones is 2. The Morgan fingerprint density at radius 1 is 1.00 bits per heavy atom. The van der Waals surface area contributed by atoms with Gasteiger partial charge in [0.1, 0.15) is 11.5 Å².